The maximum atomic E-state index is 11.0. The summed E-state index contributed by atoms with van der Waals surface area (Å²) in [6, 6.07) is -0.280. The number of carbonyl (C=O) groups is 1. The number of carbonyl (C=O) groups excluding carboxylic acids is 1. The summed E-state index contributed by atoms with van der Waals surface area (Å²) in [5.41, 5.74) is 0. The Kier molecular flexibility index (Phi) is 1.63. The summed E-state index contributed by atoms with van der Waals surface area (Å²) in [6.07, 6.45) is 1.03. The number of nitrogens with zero attached hydrogens (tertiary/aromatic N) is 1. The molecule has 4 atom stereocenters. The van der Waals surface area contributed by atoms with E-state index in [1.165, 1.54) is 0 Å². The summed E-state index contributed by atoms with van der Waals surface area (Å²) < 4.78 is 5.06. The second-order valence-corrected chi connectivity index (χ2v) is 3.73. The van der Waals surface area contributed by atoms with E-state index in [0.29, 0.717) is 12.3 Å². The van der Waals surface area contributed by atoms with Crippen molar-refractivity contribution in [2.45, 2.75) is 31.9 Å². The predicted octanol–water partition coefficient (Wildman–Crippen LogP) is 1.09. The van der Waals surface area contributed by atoms with Gasteiger partial charge in [-0.1, -0.05) is 12.1 Å². The molecular formula is C8H11NO3. The van der Waals surface area contributed by atoms with Crippen molar-refractivity contribution in [2.75, 3.05) is 0 Å². The number of rotatable bonds is 1. The number of esters is 1. The second-order valence-electron chi connectivity index (χ2n) is 3.73. The van der Waals surface area contributed by atoms with Crippen LogP contribution in [0.5, 0.6) is 0 Å². The molecule has 3 unspecified atom stereocenters. The Morgan fingerprint density at radius 1 is 1.58 bits per heavy atom. The van der Waals surface area contributed by atoms with Crippen LogP contribution in [0.25, 0.3) is 0 Å². The fourth-order valence-corrected chi connectivity index (χ4v) is 2.31. The zero-order valence-corrected chi connectivity index (χ0v) is 6.90. The van der Waals surface area contributed by atoms with Gasteiger partial charge in [0.25, 0.3) is 0 Å². The van der Waals surface area contributed by atoms with Crippen molar-refractivity contribution in [3.05, 3.63) is 4.91 Å². The van der Waals surface area contributed by atoms with Crippen LogP contribution >= 0.6 is 0 Å². The van der Waals surface area contributed by atoms with Crippen molar-refractivity contribution in [1.29, 1.82) is 0 Å². The first kappa shape index (κ1) is 7.71. The molecule has 2 aliphatic rings. The number of nitroso groups, excluding NO2 is 1. The van der Waals surface area contributed by atoms with Gasteiger partial charge in [-0.25, -0.2) is 0 Å². The average molecular weight is 169 g/mol. The average Bonchev–Trinajstić information content (AvgIpc) is 2.20. The topological polar surface area (TPSA) is 55.7 Å². The first-order chi connectivity index (χ1) is 5.72. The van der Waals surface area contributed by atoms with Gasteiger partial charge >= 0.3 is 5.97 Å². The molecule has 4 heteroatoms. The molecule has 1 saturated carbocycles. The van der Waals surface area contributed by atoms with Crippen molar-refractivity contribution >= 4 is 5.97 Å². The summed E-state index contributed by atoms with van der Waals surface area (Å²) in [4.78, 5) is 21.4. The Balaban J connectivity index is 2.23. The van der Waals surface area contributed by atoms with Gasteiger partial charge in [0.05, 0.1) is 6.42 Å². The first-order valence-electron chi connectivity index (χ1n) is 4.24. The third-order valence-corrected chi connectivity index (χ3v) is 2.87. The van der Waals surface area contributed by atoms with Gasteiger partial charge in [0, 0.05) is 0 Å². The van der Waals surface area contributed by atoms with E-state index in [9.17, 15) is 9.70 Å². The monoisotopic (exact) mass is 169 g/mol. The van der Waals surface area contributed by atoms with Crippen LogP contribution in [-0.4, -0.2) is 18.1 Å². The Bertz CT molecular complexity index is 228. The van der Waals surface area contributed by atoms with Crippen LogP contribution < -0.4 is 0 Å². The van der Waals surface area contributed by atoms with E-state index < -0.39 is 0 Å². The van der Waals surface area contributed by atoms with Crippen molar-refractivity contribution < 1.29 is 9.53 Å². The summed E-state index contributed by atoms with van der Waals surface area (Å²) in [5, 5.41) is 3.03. The molecule has 4 nitrogen and oxygen atoms in total. The Morgan fingerprint density at radius 3 is 2.92 bits per heavy atom. The molecule has 0 amide bonds. The summed E-state index contributed by atoms with van der Waals surface area (Å²) >= 11 is 0. The predicted molar refractivity (Wildman–Crippen MR) is 41.4 cm³/mol. The molecule has 0 aromatic carbocycles. The van der Waals surface area contributed by atoms with Crippen LogP contribution in [0.1, 0.15) is 19.8 Å². The highest BCUT2D eigenvalue weighted by Gasteiger charge is 2.49. The van der Waals surface area contributed by atoms with Crippen LogP contribution in [0.2, 0.25) is 0 Å². The van der Waals surface area contributed by atoms with Gasteiger partial charge in [0.1, 0.15) is 12.1 Å². The standard InChI is InChI=1S/C8H11NO3/c1-4-2-5-3-6(10)12-8(4)7(5)9-11/h4-5,7-8H,2-3H2,1H3/t4-,5?,7?,8?/m1/s1. The van der Waals surface area contributed by atoms with Gasteiger partial charge in [-0.15, -0.1) is 0 Å². The molecule has 2 bridgehead atoms. The van der Waals surface area contributed by atoms with Crippen LogP contribution in [-0.2, 0) is 9.53 Å². The maximum Gasteiger partial charge on any atom is 0.306 e. The molecule has 0 aromatic rings. The highest BCUT2D eigenvalue weighted by atomic mass is 16.5. The normalized spacial score (nSPS) is 45.6. The first-order valence-corrected chi connectivity index (χ1v) is 4.24. The molecule has 2 rings (SSSR count). The van der Waals surface area contributed by atoms with E-state index in [1.54, 1.807) is 0 Å². The molecule has 1 aliphatic carbocycles. The van der Waals surface area contributed by atoms with Crippen molar-refractivity contribution in [2.24, 2.45) is 17.0 Å². The molecule has 66 valence electrons. The van der Waals surface area contributed by atoms with E-state index in [2.05, 4.69) is 5.18 Å². The van der Waals surface area contributed by atoms with Crippen molar-refractivity contribution in [1.82, 2.24) is 0 Å². The van der Waals surface area contributed by atoms with Crippen LogP contribution in [0.4, 0.5) is 0 Å². The van der Waals surface area contributed by atoms with Crippen LogP contribution in [0.3, 0.4) is 0 Å². The maximum absolute atomic E-state index is 11.0. The Morgan fingerprint density at radius 2 is 2.33 bits per heavy atom. The lowest BCUT2D eigenvalue weighted by Crippen LogP contribution is -2.36. The smallest absolute Gasteiger partial charge is 0.306 e. The zero-order chi connectivity index (χ0) is 8.72. The lowest BCUT2D eigenvalue weighted by molar-refractivity contribution is -0.155. The van der Waals surface area contributed by atoms with Gasteiger partial charge in [0.2, 0.25) is 0 Å². The van der Waals surface area contributed by atoms with Crippen LogP contribution in [0, 0.1) is 16.7 Å². The number of hydrogen-bond donors (Lipinski definition) is 0. The molecule has 2 fully saturated rings. The molecular weight excluding hydrogens is 158 g/mol. The van der Waals surface area contributed by atoms with Gasteiger partial charge in [-0.2, -0.15) is 4.91 Å². The number of ether oxygens (including phenoxy) is 1. The SMILES string of the molecule is C[C@@H]1CC2CC(=O)OC1C2N=O. The van der Waals surface area contributed by atoms with Gasteiger partial charge in [0.15, 0.2) is 0 Å². The largest absolute Gasteiger partial charge is 0.460 e. The molecule has 0 aromatic heterocycles. The zero-order valence-electron chi connectivity index (χ0n) is 6.90. The lowest BCUT2D eigenvalue weighted by Gasteiger charge is -2.24. The van der Waals surface area contributed by atoms with Gasteiger partial charge < -0.3 is 4.74 Å². The van der Waals surface area contributed by atoms with E-state index in [1.807, 2.05) is 6.92 Å². The van der Waals surface area contributed by atoms with E-state index in [-0.39, 0.29) is 24.0 Å². The van der Waals surface area contributed by atoms with E-state index >= 15 is 0 Å². The number of hydrogen-bond acceptors (Lipinski definition) is 4. The highest BCUT2D eigenvalue weighted by Crippen LogP contribution is 2.41. The molecule has 0 N–H and O–H groups in total. The molecule has 1 heterocycles. The van der Waals surface area contributed by atoms with Crippen LogP contribution in [0.15, 0.2) is 5.18 Å². The summed E-state index contributed by atoms with van der Waals surface area (Å²) in [7, 11) is 0. The van der Waals surface area contributed by atoms with Gasteiger partial charge in [-0.05, 0) is 18.3 Å². The minimum atomic E-state index is -0.280. The summed E-state index contributed by atoms with van der Waals surface area (Å²) in [5.74, 6) is 0.266. The fourth-order valence-electron chi connectivity index (χ4n) is 2.31. The van der Waals surface area contributed by atoms with Crippen molar-refractivity contribution in [3.8, 4) is 0 Å². The summed E-state index contributed by atoms with van der Waals surface area (Å²) in [6.45, 7) is 2.00. The van der Waals surface area contributed by atoms with E-state index in [0.717, 1.165) is 6.42 Å². The molecule has 1 aliphatic heterocycles. The Labute approximate surface area is 70.3 Å². The second kappa shape index (κ2) is 2.54. The lowest BCUT2D eigenvalue weighted by atomic mass is 9.98. The quantitative estimate of drug-likeness (QED) is 0.436. The minimum Gasteiger partial charge on any atom is -0.460 e. The number of fused-ring (bicyclic) bond motifs is 2. The Hall–Kier alpha value is -0.930. The third-order valence-electron chi connectivity index (χ3n) is 2.87. The molecule has 12 heavy (non-hydrogen) atoms. The third kappa shape index (κ3) is 0.940. The van der Waals surface area contributed by atoms with E-state index in [4.69, 9.17) is 4.74 Å². The minimum absolute atomic E-state index is 0.142. The molecule has 0 radical (unpaired) electrons. The molecule has 0 spiro atoms. The highest BCUT2D eigenvalue weighted by molar-refractivity contribution is 5.71. The molecule has 1 saturated heterocycles. The van der Waals surface area contributed by atoms with Crippen molar-refractivity contribution in [3.63, 3.8) is 0 Å². The van der Waals surface area contributed by atoms with Gasteiger partial charge in [-0.3, -0.25) is 4.79 Å². The fraction of sp³-hybridized carbons (Fsp3) is 0.875.